The fourth-order valence-corrected chi connectivity index (χ4v) is 1.78. The second kappa shape index (κ2) is 10.9. The number of carbonyl (C=O) groups is 3. The second-order valence-corrected chi connectivity index (χ2v) is 5.03. The number of allylic oxidation sites excluding steroid dienone is 1. The summed E-state index contributed by atoms with van der Waals surface area (Å²) in [6.07, 6.45) is 6.57. The molecule has 0 fully saturated rings. The molecule has 0 spiro atoms. The van der Waals surface area contributed by atoms with Crippen molar-refractivity contribution in [2.24, 2.45) is 0 Å². The van der Waals surface area contributed by atoms with E-state index < -0.39 is 23.9 Å². The standard InChI is InChI=1S/C15H25NO5/c1-3-4-5-6-7-8-11(2)14(19)16-12(15(20)21)9-10-13(17)18/h8,12H,3-7,9-10H2,1-2H3,(H,16,19)(H,17,18)(H,20,21)/b11-8+. The van der Waals surface area contributed by atoms with Gasteiger partial charge < -0.3 is 15.5 Å². The Kier molecular flexibility index (Phi) is 9.92. The number of rotatable bonds is 11. The van der Waals surface area contributed by atoms with Gasteiger partial charge in [-0.3, -0.25) is 9.59 Å². The molecule has 0 aliphatic carbocycles. The van der Waals surface area contributed by atoms with E-state index in [1.807, 2.05) is 0 Å². The Balaban J connectivity index is 4.30. The van der Waals surface area contributed by atoms with Gasteiger partial charge in [0.05, 0.1) is 0 Å². The predicted molar refractivity (Wildman–Crippen MR) is 79.0 cm³/mol. The second-order valence-electron chi connectivity index (χ2n) is 5.03. The molecule has 6 nitrogen and oxygen atoms in total. The van der Waals surface area contributed by atoms with Crippen LogP contribution in [0.5, 0.6) is 0 Å². The lowest BCUT2D eigenvalue weighted by Gasteiger charge is -2.13. The highest BCUT2D eigenvalue weighted by molar-refractivity contribution is 5.95. The normalized spacial score (nSPS) is 12.8. The number of carboxylic acids is 2. The van der Waals surface area contributed by atoms with E-state index in [-0.39, 0.29) is 12.8 Å². The van der Waals surface area contributed by atoms with Crippen LogP contribution in [-0.2, 0) is 14.4 Å². The molecule has 120 valence electrons. The Bertz CT molecular complexity index is 390. The molecule has 0 rings (SSSR count). The first-order chi connectivity index (χ1) is 9.88. The first-order valence-corrected chi connectivity index (χ1v) is 7.30. The number of unbranched alkanes of at least 4 members (excludes halogenated alkanes) is 4. The van der Waals surface area contributed by atoms with Crippen LogP contribution in [0.2, 0.25) is 0 Å². The van der Waals surface area contributed by atoms with Crippen LogP contribution in [0.15, 0.2) is 11.6 Å². The molecule has 0 aliphatic rings. The Morgan fingerprint density at radius 2 is 1.81 bits per heavy atom. The summed E-state index contributed by atoms with van der Waals surface area (Å²) in [6, 6.07) is -1.17. The number of aliphatic carboxylic acids is 2. The third kappa shape index (κ3) is 9.65. The maximum absolute atomic E-state index is 11.8. The number of hydrogen-bond donors (Lipinski definition) is 3. The maximum atomic E-state index is 11.8. The van der Waals surface area contributed by atoms with Gasteiger partial charge in [0, 0.05) is 12.0 Å². The van der Waals surface area contributed by atoms with Gasteiger partial charge in [-0.1, -0.05) is 32.3 Å². The van der Waals surface area contributed by atoms with E-state index in [9.17, 15) is 14.4 Å². The van der Waals surface area contributed by atoms with Crippen molar-refractivity contribution in [2.75, 3.05) is 0 Å². The molecule has 0 bridgehead atoms. The van der Waals surface area contributed by atoms with E-state index in [2.05, 4.69) is 12.2 Å². The monoisotopic (exact) mass is 299 g/mol. The lowest BCUT2D eigenvalue weighted by molar-refractivity contribution is -0.142. The van der Waals surface area contributed by atoms with Gasteiger partial charge in [-0.15, -0.1) is 0 Å². The lowest BCUT2D eigenvalue weighted by atomic mass is 10.1. The van der Waals surface area contributed by atoms with Crippen LogP contribution in [0.4, 0.5) is 0 Å². The molecule has 0 radical (unpaired) electrons. The topological polar surface area (TPSA) is 104 Å². The van der Waals surface area contributed by atoms with E-state index in [1.165, 1.54) is 0 Å². The highest BCUT2D eigenvalue weighted by Gasteiger charge is 2.21. The van der Waals surface area contributed by atoms with E-state index in [1.54, 1.807) is 13.0 Å². The third-order valence-electron chi connectivity index (χ3n) is 3.12. The minimum Gasteiger partial charge on any atom is -0.481 e. The van der Waals surface area contributed by atoms with Crippen LogP contribution in [0, 0.1) is 0 Å². The molecule has 1 amide bonds. The number of amides is 1. The van der Waals surface area contributed by atoms with E-state index in [4.69, 9.17) is 10.2 Å². The van der Waals surface area contributed by atoms with Crippen molar-refractivity contribution in [2.45, 2.75) is 64.8 Å². The van der Waals surface area contributed by atoms with Crippen molar-refractivity contribution in [3.8, 4) is 0 Å². The van der Waals surface area contributed by atoms with Gasteiger partial charge in [0.25, 0.3) is 0 Å². The zero-order chi connectivity index (χ0) is 16.3. The molecule has 6 heteroatoms. The number of hydrogen-bond acceptors (Lipinski definition) is 3. The van der Waals surface area contributed by atoms with Gasteiger partial charge in [-0.25, -0.2) is 4.79 Å². The summed E-state index contributed by atoms with van der Waals surface area (Å²) < 4.78 is 0. The van der Waals surface area contributed by atoms with E-state index in [0.29, 0.717) is 5.57 Å². The van der Waals surface area contributed by atoms with E-state index >= 15 is 0 Å². The van der Waals surface area contributed by atoms with Crippen LogP contribution in [0.3, 0.4) is 0 Å². The van der Waals surface area contributed by atoms with E-state index in [0.717, 1.165) is 32.1 Å². The SMILES string of the molecule is CCCCCC/C=C(\C)C(=O)NC(CCC(=O)O)C(=O)O. The fraction of sp³-hybridized carbons (Fsp3) is 0.667. The summed E-state index contributed by atoms with van der Waals surface area (Å²) in [4.78, 5) is 33.3. The minimum absolute atomic E-state index is 0.125. The third-order valence-corrected chi connectivity index (χ3v) is 3.12. The average molecular weight is 299 g/mol. The van der Waals surface area contributed by atoms with Gasteiger partial charge in [-0.2, -0.15) is 0 Å². The van der Waals surface area contributed by atoms with Gasteiger partial charge in [0.15, 0.2) is 0 Å². The molecular weight excluding hydrogens is 274 g/mol. The minimum atomic E-state index is -1.22. The van der Waals surface area contributed by atoms with Crippen LogP contribution in [0.25, 0.3) is 0 Å². The lowest BCUT2D eigenvalue weighted by Crippen LogP contribution is -2.41. The first-order valence-electron chi connectivity index (χ1n) is 7.30. The number of carbonyl (C=O) groups excluding carboxylic acids is 1. The molecule has 0 aromatic rings. The zero-order valence-corrected chi connectivity index (χ0v) is 12.7. The number of carboxylic acid groups (broad SMARTS) is 2. The molecule has 1 unspecified atom stereocenters. The fourth-order valence-electron chi connectivity index (χ4n) is 1.78. The van der Waals surface area contributed by atoms with Gasteiger partial charge in [-0.05, 0) is 26.2 Å². The molecule has 3 N–H and O–H groups in total. The Hall–Kier alpha value is -1.85. The molecule has 0 aromatic carbocycles. The van der Waals surface area contributed by atoms with Crippen LogP contribution in [0.1, 0.15) is 58.8 Å². The molecule has 0 aliphatic heterocycles. The average Bonchev–Trinajstić information content (AvgIpc) is 2.42. The maximum Gasteiger partial charge on any atom is 0.326 e. The highest BCUT2D eigenvalue weighted by Crippen LogP contribution is 2.06. The van der Waals surface area contributed by atoms with Crippen LogP contribution >= 0.6 is 0 Å². The first kappa shape index (κ1) is 19.1. The largest absolute Gasteiger partial charge is 0.481 e. The van der Waals surface area contributed by atoms with Gasteiger partial charge in [0.2, 0.25) is 5.91 Å². The highest BCUT2D eigenvalue weighted by atomic mass is 16.4. The molecule has 0 aromatic heterocycles. The van der Waals surface area contributed by atoms with Crippen molar-refractivity contribution < 1.29 is 24.6 Å². The summed E-state index contributed by atoms with van der Waals surface area (Å²) >= 11 is 0. The Morgan fingerprint density at radius 3 is 2.33 bits per heavy atom. The summed E-state index contributed by atoms with van der Waals surface area (Å²) in [5.41, 5.74) is 0.466. The van der Waals surface area contributed by atoms with Crippen molar-refractivity contribution in [3.63, 3.8) is 0 Å². The zero-order valence-electron chi connectivity index (χ0n) is 12.7. The molecule has 0 saturated carbocycles. The van der Waals surface area contributed by atoms with Crippen molar-refractivity contribution in [1.82, 2.24) is 5.32 Å². The predicted octanol–water partition coefficient (Wildman–Crippen LogP) is 2.34. The molecule has 21 heavy (non-hydrogen) atoms. The molecular formula is C15H25NO5. The Morgan fingerprint density at radius 1 is 1.14 bits per heavy atom. The molecule has 0 saturated heterocycles. The summed E-state index contributed by atoms with van der Waals surface area (Å²) in [5, 5.41) is 19.9. The van der Waals surface area contributed by atoms with Crippen LogP contribution in [-0.4, -0.2) is 34.1 Å². The van der Waals surface area contributed by atoms with Crippen molar-refractivity contribution in [1.29, 1.82) is 0 Å². The number of nitrogens with one attached hydrogen (secondary N) is 1. The van der Waals surface area contributed by atoms with Gasteiger partial charge in [0.1, 0.15) is 6.04 Å². The van der Waals surface area contributed by atoms with Crippen molar-refractivity contribution in [3.05, 3.63) is 11.6 Å². The summed E-state index contributed by atoms with van der Waals surface area (Å²) in [5.74, 6) is -2.76. The van der Waals surface area contributed by atoms with Crippen LogP contribution < -0.4 is 5.32 Å². The molecule has 1 atom stereocenters. The molecule has 0 heterocycles. The summed E-state index contributed by atoms with van der Waals surface area (Å²) in [7, 11) is 0. The Labute approximate surface area is 125 Å². The smallest absolute Gasteiger partial charge is 0.326 e. The van der Waals surface area contributed by atoms with Gasteiger partial charge >= 0.3 is 11.9 Å². The quantitative estimate of drug-likeness (QED) is 0.401. The van der Waals surface area contributed by atoms with Crippen molar-refractivity contribution >= 4 is 17.8 Å². The summed E-state index contributed by atoms with van der Waals surface area (Å²) in [6.45, 7) is 3.75.